The summed E-state index contributed by atoms with van der Waals surface area (Å²) in [5.74, 6) is -0.259. The van der Waals surface area contributed by atoms with Crippen molar-refractivity contribution in [1.82, 2.24) is 5.32 Å². The third-order valence-electron chi connectivity index (χ3n) is 14.0. The van der Waals surface area contributed by atoms with Crippen molar-refractivity contribution in [2.24, 2.45) is 0 Å². The Kier molecular flexibility index (Phi) is 34.0. The predicted molar refractivity (Wildman–Crippen MR) is 268 cm³/mol. The molecule has 12 N–H and O–H groups in total. The van der Waals surface area contributed by atoms with Crippen molar-refractivity contribution in [1.29, 1.82) is 0 Å². The Hall–Kier alpha value is -1.73. The third-order valence-corrected chi connectivity index (χ3v) is 14.0. The van der Waals surface area contributed by atoms with Gasteiger partial charge in [-0.25, -0.2) is 0 Å². The molecule has 3 aliphatic rings. The molecule has 0 aliphatic carbocycles. The molecular weight excluding hydrogens is 939 g/mol. The lowest BCUT2D eigenvalue weighted by atomic mass is 9.96. The molecular formula is C53H97NO18. The van der Waals surface area contributed by atoms with Crippen molar-refractivity contribution in [3.05, 3.63) is 24.3 Å². The van der Waals surface area contributed by atoms with Gasteiger partial charge >= 0.3 is 0 Å². The summed E-state index contributed by atoms with van der Waals surface area (Å²) in [6.45, 7) is 1.72. The van der Waals surface area contributed by atoms with Crippen LogP contribution in [0.4, 0.5) is 0 Å². The number of hydrogen-bond donors (Lipinski definition) is 12. The van der Waals surface area contributed by atoms with Crippen molar-refractivity contribution < 1.29 is 89.4 Å². The van der Waals surface area contributed by atoms with Crippen LogP contribution >= 0.6 is 0 Å². The first kappa shape index (κ1) is 64.6. The lowest BCUT2D eigenvalue weighted by molar-refractivity contribution is -0.379. The monoisotopic (exact) mass is 1040 g/mol. The smallest absolute Gasteiger partial charge is 0.220 e. The van der Waals surface area contributed by atoms with E-state index in [-0.39, 0.29) is 18.9 Å². The van der Waals surface area contributed by atoms with Crippen molar-refractivity contribution in [3.8, 4) is 0 Å². The molecule has 3 rings (SSSR count). The molecule has 72 heavy (non-hydrogen) atoms. The number of rotatable bonds is 39. The molecule has 0 radical (unpaired) electrons. The number of allylic oxidation sites excluding steroid dienone is 4. The van der Waals surface area contributed by atoms with Gasteiger partial charge < -0.3 is 89.9 Å². The van der Waals surface area contributed by atoms with Crippen LogP contribution < -0.4 is 5.32 Å². The minimum absolute atomic E-state index is 0.251. The maximum absolute atomic E-state index is 13.3. The van der Waals surface area contributed by atoms with Gasteiger partial charge in [0.2, 0.25) is 5.91 Å². The number of nitrogens with one attached hydrogen (secondary N) is 1. The number of carbonyl (C=O) groups excluding carboxylic acids is 1. The van der Waals surface area contributed by atoms with Crippen molar-refractivity contribution >= 4 is 5.91 Å². The van der Waals surface area contributed by atoms with E-state index in [1.807, 2.05) is 0 Å². The van der Waals surface area contributed by atoms with Crippen LogP contribution in [0.25, 0.3) is 0 Å². The zero-order valence-electron chi connectivity index (χ0n) is 43.4. The molecule has 0 aromatic rings. The average Bonchev–Trinajstić information content (AvgIpc) is 3.37. The van der Waals surface area contributed by atoms with Crippen LogP contribution in [0.2, 0.25) is 0 Å². The van der Waals surface area contributed by atoms with Gasteiger partial charge in [-0.2, -0.15) is 0 Å². The van der Waals surface area contributed by atoms with E-state index in [1.54, 1.807) is 0 Å². The predicted octanol–water partition coefficient (Wildman–Crippen LogP) is 3.20. The molecule has 1 amide bonds. The highest BCUT2D eigenvalue weighted by atomic mass is 16.8. The van der Waals surface area contributed by atoms with Gasteiger partial charge in [-0.15, -0.1) is 0 Å². The fraction of sp³-hybridized carbons (Fsp3) is 0.906. The van der Waals surface area contributed by atoms with E-state index in [0.717, 1.165) is 70.6 Å². The summed E-state index contributed by atoms with van der Waals surface area (Å²) in [7, 11) is 0. The lowest BCUT2D eigenvalue weighted by Crippen LogP contribution is -2.66. The Morgan fingerprint density at radius 2 is 0.917 bits per heavy atom. The average molecular weight is 1040 g/mol. The van der Waals surface area contributed by atoms with Crippen molar-refractivity contribution in [2.45, 2.75) is 279 Å². The minimum Gasteiger partial charge on any atom is -0.394 e. The minimum atomic E-state index is -1.97. The van der Waals surface area contributed by atoms with E-state index >= 15 is 0 Å². The highest BCUT2D eigenvalue weighted by Crippen LogP contribution is 2.33. The highest BCUT2D eigenvalue weighted by molar-refractivity contribution is 5.76. The van der Waals surface area contributed by atoms with Crippen LogP contribution in [0.3, 0.4) is 0 Å². The number of ether oxygens (including phenoxy) is 6. The summed E-state index contributed by atoms with van der Waals surface area (Å²) in [6, 6.07) is -0.890. The van der Waals surface area contributed by atoms with Gasteiger partial charge in [-0.3, -0.25) is 4.79 Å². The third kappa shape index (κ3) is 22.9. The maximum atomic E-state index is 13.3. The van der Waals surface area contributed by atoms with E-state index in [1.165, 1.54) is 70.6 Å². The summed E-state index contributed by atoms with van der Waals surface area (Å²) in [6.07, 6.45) is 8.44. The number of aliphatic hydroxyl groups excluding tert-OH is 11. The van der Waals surface area contributed by atoms with Crippen LogP contribution in [0.15, 0.2) is 24.3 Å². The van der Waals surface area contributed by atoms with Gasteiger partial charge in [0.15, 0.2) is 18.9 Å². The fourth-order valence-corrected chi connectivity index (χ4v) is 9.40. The van der Waals surface area contributed by atoms with Gasteiger partial charge in [-0.1, -0.05) is 147 Å². The largest absolute Gasteiger partial charge is 0.394 e. The Morgan fingerprint density at radius 3 is 1.44 bits per heavy atom. The second-order valence-corrected chi connectivity index (χ2v) is 20.0. The molecule has 19 heteroatoms. The number of carbonyl (C=O) groups is 1. The first-order chi connectivity index (χ1) is 34.8. The molecule has 422 valence electrons. The summed E-state index contributed by atoms with van der Waals surface area (Å²) >= 11 is 0. The number of aliphatic hydroxyl groups is 11. The Morgan fingerprint density at radius 1 is 0.500 bits per heavy atom. The van der Waals surface area contributed by atoms with Gasteiger partial charge in [-0.05, 0) is 44.9 Å². The zero-order chi connectivity index (χ0) is 52.7. The second kappa shape index (κ2) is 37.9. The summed E-state index contributed by atoms with van der Waals surface area (Å²) in [5.41, 5.74) is 0. The van der Waals surface area contributed by atoms with Crippen LogP contribution in [-0.2, 0) is 33.2 Å². The molecule has 0 aromatic heterocycles. The Balaban J connectivity index is 1.54. The molecule has 3 saturated heterocycles. The van der Waals surface area contributed by atoms with Crippen LogP contribution in [0, 0.1) is 0 Å². The van der Waals surface area contributed by atoms with Crippen LogP contribution in [0.1, 0.15) is 174 Å². The first-order valence-corrected chi connectivity index (χ1v) is 27.6. The van der Waals surface area contributed by atoms with E-state index in [4.69, 9.17) is 28.4 Å². The normalized spacial score (nSPS) is 32.2. The zero-order valence-corrected chi connectivity index (χ0v) is 43.4. The molecule has 19 nitrogen and oxygen atoms in total. The summed E-state index contributed by atoms with van der Waals surface area (Å²) < 4.78 is 34.2. The molecule has 3 fully saturated rings. The van der Waals surface area contributed by atoms with Crippen molar-refractivity contribution in [2.75, 3.05) is 26.4 Å². The Labute approximate surface area is 428 Å². The van der Waals surface area contributed by atoms with Crippen LogP contribution in [0.5, 0.6) is 0 Å². The second-order valence-electron chi connectivity index (χ2n) is 20.0. The van der Waals surface area contributed by atoms with E-state index in [2.05, 4.69) is 43.5 Å². The van der Waals surface area contributed by atoms with Crippen LogP contribution in [-0.4, -0.2) is 193 Å². The lowest BCUT2D eigenvalue weighted by Gasteiger charge is -2.48. The standard InChI is InChI=1S/C53H97NO18/c1-3-5-7-9-11-13-15-17-18-19-21-23-25-27-29-31-41(59)54-36(37(58)30-28-26-24-22-20-16-14-12-10-8-6-4-2)35-67-51-47(65)44(62)49(39(33-56)69-51)72-53-48(66)45(63)50(40(34-57)70-53)71-52-46(64)43(61)42(60)38(32-55)68-52/h11,13,17-18,36-40,42-53,55-58,60-66H,3-10,12,14-16,19-35H2,1-2H3,(H,54,59)/b13-11-,18-17-. The van der Waals surface area contributed by atoms with E-state index in [9.17, 15) is 61.0 Å². The van der Waals surface area contributed by atoms with E-state index in [0.29, 0.717) is 12.8 Å². The van der Waals surface area contributed by atoms with Crippen molar-refractivity contribution in [3.63, 3.8) is 0 Å². The summed E-state index contributed by atoms with van der Waals surface area (Å²) in [5, 5.41) is 120. The quantitative estimate of drug-likeness (QED) is 0.0311. The fourth-order valence-electron chi connectivity index (χ4n) is 9.40. The molecule has 0 aromatic carbocycles. The number of amides is 1. The van der Waals surface area contributed by atoms with Gasteiger partial charge in [0.25, 0.3) is 0 Å². The van der Waals surface area contributed by atoms with Gasteiger partial charge in [0.1, 0.15) is 73.2 Å². The van der Waals surface area contributed by atoms with Gasteiger partial charge in [0, 0.05) is 6.42 Å². The molecule has 17 atom stereocenters. The molecule has 17 unspecified atom stereocenters. The summed E-state index contributed by atoms with van der Waals surface area (Å²) in [4.78, 5) is 13.3. The molecule has 3 aliphatic heterocycles. The first-order valence-electron chi connectivity index (χ1n) is 27.6. The van der Waals surface area contributed by atoms with Gasteiger partial charge in [0.05, 0.1) is 38.6 Å². The molecule has 0 bridgehead atoms. The SMILES string of the molecule is CCCCC/C=C\C/C=C\CCCCCCCC(=O)NC(COC1OC(CO)C(OC2OC(CO)C(OC3OC(CO)C(O)C(O)C3O)C(O)C2O)C(O)C1O)C(O)CCCCCCCCCCCCCC. The molecule has 3 heterocycles. The van der Waals surface area contributed by atoms with E-state index < -0.39 is 124 Å². The molecule has 0 spiro atoms. The molecule has 0 saturated carbocycles. The Bertz CT molecular complexity index is 1430. The number of unbranched alkanes of at least 4 members (excludes halogenated alkanes) is 19. The number of hydrogen-bond acceptors (Lipinski definition) is 18. The maximum Gasteiger partial charge on any atom is 0.220 e. The highest BCUT2D eigenvalue weighted by Gasteiger charge is 2.53. The topological polar surface area (TPSA) is 307 Å².